The van der Waals surface area contributed by atoms with Crippen molar-refractivity contribution in [1.29, 1.82) is 0 Å². The number of carbonyl (C=O) groups excluding carboxylic acids is 2. The Balaban J connectivity index is 1.54. The van der Waals surface area contributed by atoms with Crippen molar-refractivity contribution in [2.75, 3.05) is 33.3 Å². The summed E-state index contributed by atoms with van der Waals surface area (Å²) in [5, 5.41) is 0. The average Bonchev–Trinajstić information content (AvgIpc) is 2.63. The molecule has 0 bridgehead atoms. The fourth-order valence-electron chi connectivity index (χ4n) is 3.74. The number of amides is 2. The smallest absolute Gasteiger partial charge is 0.242 e. The lowest BCUT2D eigenvalue weighted by molar-refractivity contribution is -0.142. The van der Waals surface area contributed by atoms with E-state index in [2.05, 4.69) is 6.07 Å². The number of benzene rings is 1. The first-order valence-electron chi connectivity index (χ1n) is 8.87. The average molecular weight is 330 g/mol. The summed E-state index contributed by atoms with van der Waals surface area (Å²) < 4.78 is 5.46. The summed E-state index contributed by atoms with van der Waals surface area (Å²) in [5.74, 6) is 1.57. The molecule has 2 amide bonds. The molecule has 2 aliphatic heterocycles. The molecule has 1 aromatic rings. The van der Waals surface area contributed by atoms with Crippen LogP contribution in [0.1, 0.15) is 43.6 Å². The van der Waals surface area contributed by atoms with Crippen LogP contribution in [0.25, 0.3) is 0 Å². The molecule has 0 aliphatic carbocycles. The summed E-state index contributed by atoms with van der Waals surface area (Å²) in [4.78, 5) is 28.0. The Morgan fingerprint density at radius 2 is 1.92 bits per heavy atom. The van der Waals surface area contributed by atoms with Gasteiger partial charge in [-0.1, -0.05) is 18.2 Å². The van der Waals surface area contributed by atoms with E-state index >= 15 is 0 Å². The standard InChI is InChI=1S/C19H26N2O3/c1-24-17-7-3-2-6-16(17)15-9-12-20(13-10-15)19(23)14-21-11-5-4-8-18(21)22/h2-3,6-7,15H,4-5,8-14H2,1H3. The maximum Gasteiger partial charge on any atom is 0.242 e. The SMILES string of the molecule is COc1ccccc1C1CCN(C(=O)CN2CCCCC2=O)CC1. The maximum atomic E-state index is 12.5. The Bertz CT molecular complexity index is 594. The van der Waals surface area contributed by atoms with Crippen LogP contribution >= 0.6 is 0 Å². The quantitative estimate of drug-likeness (QED) is 0.852. The van der Waals surface area contributed by atoms with Gasteiger partial charge in [-0.25, -0.2) is 0 Å². The Morgan fingerprint density at radius 1 is 1.17 bits per heavy atom. The highest BCUT2D eigenvalue weighted by Gasteiger charge is 2.28. The Labute approximate surface area is 143 Å². The van der Waals surface area contributed by atoms with Gasteiger partial charge in [0, 0.05) is 26.1 Å². The van der Waals surface area contributed by atoms with Gasteiger partial charge in [0.25, 0.3) is 0 Å². The summed E-state index contributed by atoms with van der Waals surface area (Å²) in [6, 6.07) is 8.14. The van der Waals surface area contributed by atoms with Crippen LogP contribution in [0.3, 0.4) is 0 Å². The second kappa shape index (κ2) is 7.69. The van der Waals surface area contributed by atoms with Crippen molar-refractivity contribution in [3.8, 4) is 5.75 Å². The fraction of sp³-hybridized carbons (Fsp3) is 0.579. The van der Waals surface area contributed by atoms with Crippen molar-refractivity contribution in [1.82, 2.24) is 9.80 Å². The Hall–Kier alpha value is -2.04. The van der Waals surface area contributed by atoms with Gasteiger partial charge in [-0.05, 0) is 43.2 Å². The molecule has 1 aromatic carbocycles. The summed E-state index contributed by atoms with van der Waals surface area (Å²) in [6.07, 6.45) is 4.44. The lowest BCUT2D eigenvalue weighted by Crippen LogP contribution is -2.46. The van der Waals surface area contributed by atoms with Gasteiger partial charge >= 0.3 is 0 Å². The first-order chi connectivity index (χ1) is 11.7. The third-order valence-electron chi connectivity index (χ3n) is 5.17. The highest BCUT2D eigenvalue weighted by Crippen LogP contribution is 2.34. The van der Waals surface area contributed by atoms with Crippen LogP contribution in [-0.2, 0) is 9.59 Å². The van der Waals surface area contributed by atoms with Crippen LogP contribution in [0.4, 0.5) is 0 Å². The van der Waals surface area contributed by atoms with Gasteiger partial charge in [-0.3, -0.25) is 9.59 Å². The van der Waals surface area contributed by atoms with Gasteiger partial charge in [0.05, 0.1) is 13.7 Å². The minimum absolute atomic E-state index is 0.0868. The number of methoxy groups -OCH3 is 1. The predicted molar refractivity (Wildman–Crippen MR) is 92.0 cm³/mol. The van der Waals surface area contributed by atoms with Crippen LogP contribution in [0.15, 0.2) is 24.3 Å². The van der Waals surface area contributed by atoms with Crippen LogP contribution in [-0.4, -0.2) is 54.9 Å². The number of ether oxygens (including phenoxy) is 1. The minimum atomic E-state index is 0.0868. The molecule has 24 heavy (non-hydrogen) atoms. The molecule has 3 rings (SSSR count). The van der Waals surface area contributed by atoms with E-state index in [0.717, 1.165) is 51.1 Å². The van der Waals surface area contributed by atoms with E-state index in [9.17, 15) is 9.59 Å². The lowest BCUT2D eigenvalue weighted by atomic mass is 9.89. The molecule has 0 radical (unpaired) electrons. The van der Waals surface area contributed by atoms with Crippen molar-refractivity contribution in [2.24, 2.45) is 0 Å². The third-order valence-corrected chi connectivity index (χ3v) is 5.17. The summed E-state index contributed by atoms with van der Waals surface area (Å²) in [5.41, 5.74) is 1.23. The van der Waals surface area contributed by atoms with E-state index in [1.807, 2.05) is 23.1 Å². The first-order valence-corrected chi connectivity index (χ1v) is 8.87. The number of piperidine rings is 2. The zero-order chi connectivity index (χ0) is 16.9. The zero-order valence-electron chi connectivity index (χ0n) is 14.4. The second-order valence-electron chi connectivity index (χ2n) is 6.67. The molecule has 0 N–H and O–H groups in total. The molecule has 2 aliphatic rings. The number of para-hydroxylation sites is 1. The monoisotopic (exact) mass is 330 g/mol. The van der Waals surface area contributed by atoms with E-state index in [1.165, 1.54) is 5.56 Å². The van der Waals surface area contributed by atoms with Crippen molar-refractivity contribution >= 4 is 11.8 Å². The van der Waals surface area contributed by atoms with Gasteiger partial charge in [0.1, 0.15) is 5.75 Å². The number of carbonyl (C=O) groups is 2. The van der Waals surface area contributed by atoms with Gasteiger partial charge < -0.3 is 14.5 Å². The van der Waals surface area contributed by atoms with Crippen LogP contribution in [0.2, 0.25) is 0 Å². The van der Waals surface area contributed by atoms with E-state index in [0.29, 0.717) is 12.3 Å². The molecule has 0 spiro atoms. The van der Waals surface area contributed by atoms with Gasteiger partial charge in [0.2, 0.25) is 11.8 Å². The van der Waals surface area contributed by atoms with Crippen LogP contribution in [0.5, 0.6) is 5.75 Å². The van der Waals surface area contributed by atoms with Crippen molar-refractivity contribution in [3.63, 3.8) is 0 Å². The number of rotatable bonds is 4. The summed E-state index contributed by atoms with van der Waals surface area (Å²) in [7, 11) is 1.70. The first kappa shape index (κ1) is 16.8. The molecular formula is C19H26N2O3. The normalized spacial score (nSPS) is 19.5. The topological polar surface area (TPSA) is 49.9 Å². The molecule has 0 atom stereocenters. The number of nitrogens with zero attached hydrogens (tertiary/aromatic N) is 2. The number of likely N-dealkylation sites (tertiary alicyclic amines) is 2. The highest BCUT2D eigenvalue weighted by molar-refractivity contribution is 5.85. The number of hydrogen-bond donors (Lipinski definition) is 0. The van der Waals surface area contributed by atoms with Gasteiger partial charge in [-0.15, -0.1) is 0 Å². The minimum Gasteiger partial charge on any atom is -0.496 e. The third kappa shape index (κ3) is 3.71. The zero-order valence-corrected chi connectivity index (χ0v) is 14.4. The summed E-state index contributed by atoms with van der Waals surface area (Å²) >= 11 is 0. The van der Waals surface area contributed by atoms with E-state index in [-0.39, 0.29) is 18.4 Å². The van der Waals surface area contributed by atoms with Crippen molar-refractivity contribution in [2.45, 2.75) is 38.0 Å². The molecular weight excluding hydrogens is 304 g/mol. The van der Waals surface area contributed by atoms with Gasteiger partial charge in [0.15, 0.2) is 0 Å². The fourth-order valence-corrected chi connectivity index (χ4v) is 3.74. The van der Waals surface area contributed by atoms with E-state index in [4.69, 9.17) is 4.74 Å². The summed E-state index contributed by atoms with van der Waals surface area (Å²) in [6.45, 7) is 2.48. The largest absolute Gasteiger partial charge is 0.496 e. The molecule has 0 aromatic heterocycles. The van der Waals surface area contributed by atoms with E-state index in [1.54, 1.807) is 12.0 Å². The molecule has 5 nitrogen and oxygen atoms in total. The van der Waals surface area contributed by atoms with Crippen molar-refractivity contribution in [3.05, 3.63) is 29.8 Å². The number of hydrogen-bond acceptors (Lipinski definition) is 3. The molecule has 2 fully saturated rings. The van der Waals surface area contributed by atoms with Crippen LogP contribution in [0, 0.1) is 0 Å². The molecule has 2 heterocycles. The predicted octanol–water partition coefficient (Wildman–Crippen LogP) is 2.41. The Morgan fingerprint density at radius 3 is 2.62 bits per heavy atom. The molecule has 2 saturated heterocycles. The van der Waals surface area contributed by atoms with Crippen molar-refractivity contribution < 1.29 is 14.3 Å². The molecule has 130 valence electrons. The maximum absolute atomic E-state index is 12.5. The lowest BCUT2D eigenvalue weighted by Gasteiger charge is -2.35. The second-order valence-corrected chi connectivity index (χ2v) is 6.67. The van der Waals surface area contributed by atoms with Crippen LogP contribution < -0.4 is 4.74 Å². The Kier molecular flexibility index (Phi) is 5.38. The molecule has 5 heteroatoms. The molecule has 0 saturated carbocycles. The van der Waals surface area contributed by atoms with E-state index < -0.39 is 0 Å². The molecule has 0 unspecified atom stereocenters. The highest BCUT2D eigenvalue weighted by atomic mass is 16.5. The van der Waals surface area contributed by atoms with Gasteiger partial charge in [-0.2, -0.15) is 0 Å².